The second-order valence-corrected chi connectivity index (χ2v) is 8.19. The molecule has 0 bridgehead atoms. The van der Waals surface area contributed by atoms with Crippen LogP contribution in [0.15, 0.2) is 42.5 Å². The van der Waals surface area contributed by atoms with Gasteiger partial charge in [0.05, 0.1) is 40.0 Å². The highest BCUT2D eigenvalue weighted by atomic mass is 16.5. The van der Waals surface area contributed by atoms with Gasteiger partial charge in [-0.1, -0.05) is 6.07 Å². The minimum atomic E-state index is -0.477. The van der Waals surface area contributed by atoms with Crippen molar-refractivity contribution in [3.8, 4) is 11.5 Å². The van der Waals surface area contributed by atoms with Crippen LogP contribution in [0.5, 0.6) is 11.5 Å². The zero-order chi connectivity index (χ0) is 24.5. The van der Waals surface area contributed by atoms with E-state index in [0.29, 0.717) is 18.0 Å². The molecule has 184 valence electrons. The molecule has 0 spiro atoms. The van der Waals surface area contributed by atoms with Crippen LogP contribution in [0.1, 0.15) is 12.5 Å². The van der Waals surface area contributed by atoms with Crippen molar-refractivity contribution in [3.63, 3.8) is 0 Å². The number of anilines is 2. The molecule has 2 N–H and O–H groups in total. The van der Waals surface area contributed by atoms with E-state index in [9.17, 15) is 9.59 Å². The Morgan fingerprint density at radius 3 is 2.38 bits per heavy atom. The first-order valence-corrected chi connectivity index (χ1v) is 11.3. The molecule has 2 amide bonds. The lowest BCUT2D eigenvalue weighted by Crippen LogP contribution is -2.45. The molecule has 1 fully saturated rings. The lowest BCUT2D eigenvalue weighted by atomic mass is 10.2. The Hall–Kier alpha value is -3.30. The van der Waals surface area contributed by atoms with Crippen LogP contribution >= 0.6 is 0 Å². The lowest BCUT2D eigenvalue weighted by Gasteiger charge is -2.29. The topological polar surface area (TPSA) is 92.4 Å². The highest BCUT2D eigenvalue weighted by Gasteiger charge is 2.20. The molecule has 1 atom stereocenters. The number of ether oxygens (including phenoxy) is 3. The second kappa shape index (κ2) is 12.2. The van der Waals surface area contributed by atoms with E-state index in [4.69, 9.17) is 14.2 Å². The molecule has 0 aromatic heterocycles. The van der Waals surface area contributed by atoms with Crippen LogP contribution < -0.4 is 25.0 Å². The first kappa shape index (κ1) is 25.3. The van der Waals surface area contributed by atoms with Crippen molar-refractivity contribution >= 4 is 23.2 Å². The van der Waals surface area contributed by atoms with E-state index in [0.717, 1.165) is 43.2 Å². The third-order valence-electron chi connectivity index (χ3n) is 5.88. The molecule has 3 rings (SSSR count). The number of amides is 2. The summed E-state index contributed by atoms with van der Waals surface area (Å²) in [4.78, 5) is 29.1. The van der Waals surface area contributed by atoms with Gasteiger partial charge in [0.25, 0.3) is 0 Å². The van der Waals surface area contributed by atoms with Gasteiger partial charge < -0.3 is 29.7 Å². The van der Waals surface area contributed by atoms with Gasteiger partial charge in [-0.05, 0) is 55.9 Å². The van der Waals surface area contributed by atoms with Gasteiger partial charge in [0.2, 0.25) is 11.8 Å². The molecule has 34 heavy (non-hydrogen) atoms. The number of rotatable bonds is 10. The summed E-state index contributed by atoms with van der Waals surface area (Å²) in [6, 6.07) is 12.8. The van der Waals surface area contributed by atoms with E-state index in [1.54, 1.807) is 39.2 Å². The van der Waals surface area contributed by atoms with E-state index in [2.05, 4.69) is 15.5 Å². The largest absolute Gasteiger partial charge is 0.493 e. The predicted octanol–water partition coefficient (Wildman–Crippen LogP) is 2.12. The number of benzene rings is 2. The summed E-state index contributed by atoms with van der Waals surface area (Å²) in [5.74, 6) is 0.891. The van der Waals surface area contributed by atoms with E-state index >= 15 is 0 Å². The fraction of sp³-hybridized carbons (Fsp3) is 0.440. The van der Waals surface area contributed by atoms with Crippen LogP contribution in [0.2, 0.25) is 0 Å². The average Bonchev–Trinajstić information content (AvgIpc) is 2.87. The molecule has 2 aromatic rings. The summed E-state index contributed by atoms with van der Waals surface area (Å²) in [6.07, 6.45) is 0. The van der Waals surface area contributed by atoms with Gasteiger partial charge in [0.15, 0.2) is 11.5 Å². The van der Waals surface area contributed by atoms with E-state index in [-0.39, 0.29) is 18.4 Å². The van der Waals surface area contributed by atoms with Crippen LogP contribution in [0, 0.1) is 0 Å². The highest BCUT2D eigenvalue weighted by Crippen LogP contribution is 2.27. The van der Waals surface area contributed by atoms with Gasteiger partial charge in [0.1, 0.15) is 0 Å². The minimum absolute atomic E-state index is 0.0934. The van der Waals surface area contributed by atoms with E-state index < -0.39 is 6.04 Å². The van der Waals surface area contributed by atoms with Gasteiger partial charge in [-0.3, -0.25) is 14.5 Å². The molecule has 1 saturated heterocycles. The summed E-state index contributed by atoms with van der Waals surface area (Å²) in [5, 5.41) is 5.80. The lowest BCUT2D eigenvalue weighted by molar-refractivity contribution is -0.126. The highest BCUT2D eigenvalue weighted by molar-refractivity contribution is 5.93. The Bertz CT molecular complexity index is 960. The molecule has 0 radical (unpaired) electrons. The smallest absolute Gasteiger partial charge is 0.238 e. The quantitative estimate of drug-likeness (QED) is 0.550. The zero-order valence-corrected chi connectivity index (χ0v) is 20.3. The predicted molar refractivity (Wildman–Crippen MR) is 132 cm³/mol. The maximum absolute atomic E-state index is 12.6. The third kappa shape index (κ3) is 6.85. The van der Waals surface area contributed by atoms with Crippen LogP contribution in [-0.4, -0.2) is 76.9 Å². The maximum atomic E-state index is 12.6. The first-order valence-electron chi connectivity index (χ1n) is 11.3. The number of hydrogen-bond acceptors (Lipinski definition) is 7. The van der Waals surface area contributed by atoms with Gasteiger partial charge in [0, 0.05) is 31.0 Å². The van der Waals surface area contributed by atoms with Crippen molar-refractivity contribution in [2.75, 3.05) is 64.3 Å². The van der Waals surface area contributed by atoms with Gasteiger partial charge in [-0.15, -0.1) is 0 Å². The second-order valence-electron chi connectivity index (χ2n) is 8.19. The summed E-state index contributed by atoms with van der Waals surface area (Å²) in [6.45, 7) is 5.39. The van der Waals surface area contributed by atoms with E-state index in [1.807, 2.05) is 36.4 Å². The maximum Gasteiger partial charge on any atom is 0.238 e. The first-order chi connectivity index (χ1) is 16.4. The summed E-state index contributed by atoms with van der Waals surface area (Å²) in [7, 11) is 4.90. The van der Waals surface area contributed by atoms with Crippen molar-refractivity contribution in [2.45, 2.75) is 19.5 Å². The number of methoxy groups -OCH3 is 2. The Labute approximate surface area is 201 Å². The summed E-state index contributed by atoms with van der Waals surface area (Å²) in [5.41, 5.74) is 2.72. The van der Waals surface area contributed by atoms with Crippen LogP contribution in [0.4, 0.5) is 11.4 Å². The average molecular weight is 471 g/mol. The van der Waals surface area contributed by atoms with Gasteiger partial charge in [-0.25, -0.2) is 0 Å². The molecule has 2 aromatic carbocycles. The standard InChI is InChI=1S/C25H34N4O5/c1-18(25(31)26-16-19-5-10-22(32-3)23(15-19)33-4)28(2)17-24(30)27-20-6-8-21(9-7-20)29-11-13-34-14-12-29/h5-10,15,18H,11-14,16-17H2,1-4H3,(H,26,31)(H,27,30). The molecule has 0 saturated carbocycles. The Kier molecular flexibility index (Phi) is 9.12. The molecule has 9 nitrogen and oxygen atoms in total. The third-order valence-corrected chi connectivity index (χ3v) is 5.88. The molecule has 1 aliphatic rings. The normalized spacial score (nSPS) is 14.4. The van der Waals surface area contributed by atoms with Crippen molar-refractivity contribution in [3.05, 3.63) is 48.0 Å². The van der Waals surface area contributed by atoms with Crippen molar-refractivity contribution in [1.82, 2.24) is 10.2 Å². The van der Waals surface area contributed by atoms with Crippen molar-refractivity contribution < 1.29 is 23.8 Å². The number of morpholine rings is 1. The number of carbonyl (C=O) groups is 2. The molecule has 1 aliphatic heterocycles. The molecule has 1 unspecified atom stereocenters. The monoisotopic (exact) mass is 470 g/mol. The van der Waals surface area contributed by atoms with E-state index in [1.165, 1.54) is 0 Å². The number of hydrogen-bond donors (Lipinski definition) is 2. The minimum Gasteiger partial charge on any atom is -0.493 e. The van der Waals surface area contributed by atoms with Crippen LogP contribution in [0.3, 0.4) is 0 Å². The van der Waals surface area contributed by atoms with Crippen molar-refractivity contribution in [1.29, 1.82) is 0 Å². The van der Waals surface area contributed by atoms with Crippen LogP contribution in [0.25, 0.3) is 0 Å². The molecular weight excluding hydrogens is 436 g/mol. The molecule has 1 heterocycles. The molecule has 9 heteroatoms. The zero-order valence-electron chi connectivity index (χ0n) is 20.3. The Morgan fingerprint density at radius 2 is 1.74 bits per heavy atom. The number of likely N-dealkylation sites (N-methyl/N-ethyl adjacent to an activating group) is 1. The fourth-order valence-electron chi connectivity index (χ4n) is 3.67. The SMILES string of the molecule is COc1ccc(CNC(=O)C(C)N(C)CC(=O)Nc2ccc(N3CCOCC3)cc2)cc1OC. The molecule has 0 aliphatic carbocycles. The fourth-order valence-corrected chi connectivity index (χ4v) is 3.67. The van der Waals surface area contributed by atoms with Crippen molar-refractivity contribution in [2.24, 2.45) is 0 Å². The van der Waals surface area contributed by atoms with Gasteiger partial charge in [-0.2, -0.15) is 0 Å². The summed E-state index contributed by atoms with van der Waals surface area (Å²) < 4.78 is 15.9. The number of nitrogens with one attached hydrogen (secondary N) is 2. The Balaban J connectivity index is 1.46. The van der Waals surface area contributed by atoms with Gasteiger partial charge >= 0.3 is 0 Å². The Morgan fingerprint density at radius 1 is 1.06 bits per heavy atom. The van der Waals surface area contributed by atoms with Crippen LogP contribution in [-0.2, 0) is 20.9 Å². The number of nitrogens with zero attached hydrogens (tertiary/aromatic N) is 2. The summed E-state index contributed by atoms with van der Waals surface area (Å²) >= 11 is 0. The molecular formula is C25H34N4O5. The number of carbonyl (C=O) groups excluding carboxylic acids is 2.